The number of anilines is 1. The number of nitrogens with zero attached hydrogens (tertiary/aromatic N) is 4. The Kier molecular flexibility index (Phi) is 4.77. The van der Waals surface area contributed by atoms with Crippen molar-refractivity contribution in [3.63, 3.8) is 0 Å². The zero-order chi connectivity index (χ0) is 19.9. The zero-order valence-corrected chi connectivity index (χ0v) is 16.6. The van der Waals surface area contributed by atoms with E-state index in [0.29, 0.717) is 32.6 Å². The molecule has 1 aromatic rings. The van der Waals surface area contributed by atoms with Crippen LogP contribution in [-0.2, 0) is 14.4 Å². The van der Waals surface area contributed by atoms with Gasteiger partial charge in [-0.3, -0.25) is 14.4 Å². The summed E-state index contributed by atoms with van der Waals surface area (Å²) < 4.78 is 0. The lowest BCUT2D eigenvalue weighted by molar-refractivity contribution is -0.141. The number of rotatable bonds is 4. The Balaban J connectivity index is 1.57. The molecule has 0 aromatic heterocycles. The molecule has 1 spiro atoms. The average molecular weight is 384 g/mol. The normalized spacial score (nSPS) is 21.4. The van der Waals surface area contributed by atoms with E-state index < -0.39 is 5.54 Å². The lowest BCUT2D eigenvalue weighted by Crippen LogP contribution is -2.57. The fourth-order valence-electron chi connectivity index (χ4n) is 4.31. The van der Waals surface area contributed by atoms with Gasteiger partial charge in [-0.15, -0.1) is 0 Å². The highest BCUT2D eigenvalue weighted by molar-refractivity contribution is 5.96. The minimum Gasteiger partial charge on any atom is -0.347 e. The molecule has 3 amide bonds. The molecule has 0 radical (unpaired) electrons. The Morgan fingerprint density at radius 3 is 2.32 bits per heavy atom. The molecule has 0 N–H and O–H groups in total. The van der Waals surface area contributed by atoms with Crippen molar-refractivity contribution in [3.05, 3.63) is 30.3 Å². The molecule has 0 unspecified atom stereocenters. The maximum atomic E-state index is 13.5. The predicted molar refractivity (Wildman–Crippen MR) is 105 cm³/mol. The monoisotopic (exact) mass is 384 g/mol. The first-order valence-corrected chi connectivity index (χ1v) is 10.0. The van der Waals surface area contributed by atoms with Crippen molar-refractivity contribution in [1.29, 1.82) is 0 Å². The highest BCUT2D eigenvalue weighted by Gasteiger charge is 2.54. The average Bonchev–Trinajstić information content (AvgIpc) is 3.52. The third-order valence-electron chi connectivity index (χ3n) is 6.24. The number of hydrogen-bond acceptors (Lipinski definition) is 4. The first-order valence-electron chi connectivity index (χ1n) is 10.0. The number of amides is 3. The largest absolute Gasteiger partial charge is 0.347 e. The second kappa shape index (κ2) is 7.11. The minimum atomic E-state index is -0.672. The van der Waals surface area contributed by atoms with Crippen molar-refractivity contribution in [2.75, 3.05) is 45.3 Å². The van der Waals surface area contributed by atoms with E-state index in [-0.39, 0.29) is 30.2 Å². The topological polar surface area (TPSA) is 64.2 Å². The summed E-state index contributed by atoms with van der Waals surface area (Å²) in [7, 11) is 3.41. The summed E-state index contributed by atoms with van der Waals surface area (Å²) in [6, 6.07) is 9.90. The summed E-state index contributed by atoms with van der Waals surface area (Å²) in [5, 5.41) is 0. The summed E-state index contributed by atoms with van der Waals surface area (Å²) in [5.74, 6) is 0.365. The molecule has 2 heterocycles. The number of carbonyl (C=O) groups is 3. The molecule has 0 atom stereocenters. The van der Waals surface area contributed by atoms with Crippen molar-refractivity contribution >= 4 is 23.4 Å². The standard InChI is InChI=1S/C21H28N4O3/c1-22(2)18(26)14-24-15-25(17-6-4-3-5-7-17)21(20(24)28)10-12-23(13-11-21)19(27)16-8-9-16/h3-7,16H,8-15H2,1-2H3. The van der Waals surface area contributed by atoms with Gasteiger partial charge in [-0.05, 0) is 37.8 Å². The van der Waals surface area contributed by atoms with E-state index in [1.807, 2.05) is 35.2 Å². The van der Waals surface area contributed by atoms with Gasteiger partial charge in [0, 0.05) is 38.8 Å². The van der Waals surface area contributed by atoms with Crippen LogP contribution in [0.15, 0.2) is 30.3 Å². The molecule has 1 aromatic carbocycles. The van der Waals surface area contributed by atoms with Crippen LogP contribution >= 0.6 is 0 Å². The number of hydrogen-bond donors (Lipinski definition) is 0. The maximum Gasteiger partial charge on any atom is 0.250 e. The van der Waals surface area contributed by atoms with E-state index in [9.17, 15) is 14.4 Å². The Hall–Kier alpha value is -2.57. The number of piperidine rings is 1. The third kappa shape index (κ3) is 3.23. The number of likely N-dealkylation sites (N-methyl/N-ethyl adjacent to an activating group) is 1. The van der Waals surface area contributed by atoms with Crippen LogP contribution in [0, 0.1) is 5.92 Å². The Morgan fingerprint density at radius 1 is 1.11 bits per heavy atom. The molecule has 28 heavy (non-hydrogen) atoms. The van der Waals surface area contributed by atoms with Gasteiger partial charge in [0.05, 0.1) is 6.67 Å². The van der Waals surface area contributed by atoms with Gasteiger partial charge in [-0.1, -0.05) is 18.2 Å². The number of benzene rings is 1. The second-order valence-corrected chi connectivity index (χ2v) is 8.33. The Labute approximate surface area is 165 Å². The van der Waals surface area contributed by atoms with Gasteiger partial charge >= 0.3 is 0 Å². The Morgan fingerprint density at radius 2 is 1.75 bits per heavy atom. The third-order valence-corrected chi connectivity index (χ3v) is 6.24. The van der Waals surface area contributed by atoms with Crippen molar-refractivity contribution in [2.45, 2.75) is 31.2 Å². The van der Waals surface area contributed by atoms with Crippen LogP contribution in [0.3, 0.4) is 0 Å². The van der Waals surface area contributed by atoms with Crippen molar-refractivity contribution in [3.8, 4) is 0 Å². The van der Waals surface area contributed by atoms with Gasteiger partial charge in [-0.25, -0.2) is 0 Å². The predicted octanol–water partition coefficient (Wildman–Crippen LogP) is 1.15. The molecule has 2 saturated heterocycles. The molecular weight excluding hydrogens is 356 g/mol. The van der Waals surface area contributed by atoms with Crippen LogP contribution in [0.4, 0.5) is 5.69 Å². The van der Waals surface area contributed by atoms with Gasteiger partial charge in [0.2, 0.25) is 11.8 Å². The van der Waals surface area contributed by atoms with Crippen molar-refractivity contribution in [1.82, 2.24) is 14.7 Å². The van der Waals surface area contributed by atoms with Crippen LogP contribution in [-0.4, -0.2) is 78.4 Å². The van der Waals surface area contributed by atoms with E-state index in [1.54, 1.807) is 19.0 Å². The molecule has 0 bridgehead atoms. The van der Waals surface area contributed by atoms with E-state index in [1.165, 1.54) is 4.90 Å². The first kappa shape index (κ1) is 18.8. The summed E-state index contributed by atoms with van der Waals surface area (Å²) in [4.78, 5) is 45.4. The minimum absolute atomic E-state index is 0.00470. The summed E-state index contributed by atoms with van der Waals surface area (Å²) in [5.41, 5.74) is 0.312. The van der Waals surface area contributed by atoms with Crippen LogP contribution in [0.1, 0.15) is 25.7 Å². The molecule has 150 valence electrons. The first-order chi connectivity index (χ1) is 13.4. The number of likely N-dealkylation sites (tertiary alicyclic amines) is 1. The van der Waals surface area contributed by atoms with Crippen molar-refractivity contribution < 1.29 is 14.4 Å². The molecule has 2 aliphatic heterocycles. The second-order valence-electron chi connectivity index (χ2n) is 8.33. The van der Waals surface area contributed by atoms with Gasteiger partial charge in [0.15, 0.2) is 0 Å². The molecule has 4 rings (SSSR count). The van der Waals surface area contributed by atoms with E-state index >= 15 is 0 Å². The molecule has 1 aliphatic carbocycles. The fourth-order valence-corrected chi connectivity index (χ4v) is 4.31. The lowest BCUT2D eigenvalue weighted by atomic mass is 9.85. The molecule has 7 nitrogen and oxygen atoms in total. The Bertz CT molecular complexity index is 767. The summed E-state index contributed by atoms with van der Waals surface area (Å²) >= 11 is 0. The van der Waals surface area contributed by atoms with Crippen LogP contribution < -0.4 is 4.90 Å². The van der Waals surface area contributed by atoms with Crippen LogP contribution in [0.2, 0.25) is 0 Å². The quantitative estimate of drug-likeness (QED) is 0.781. The van der Waals surface area contributed by atoms with Crippen molar-refractivity contribution in [2.24, 2.45) is 5.92 Å². The van der Waals surface area contributed by atoms with E-state index in [2.05, 4.69) is 4.90 Å². The van der Waals surface area contributed by atoms with Gasteiger partial charge in [0.1, 0.15) is 12.1 Å². The number of carbonyl (C=O) groups excluding carboxylic acids is 3. The van der Waals surface area contributed by atoms with Gasteiger partial charge in [-0.2, -0.15) is 0 Å². The van der Waals surface area contributed by atoms with E-state index in [4.69, 9.17) is 0 Å². The summed E-state index contributed by atoms with van der Waals surface area (Å²) in [6.07, 6.45) is 3.20. The smallest absolute Gasteiger partial charge is 0.250 e. The zero-order valence-electron chi connectivity index (χ0n) is 16.6. The SMILES string of the molecule is CN(C)C(=O)CN1CN(c2ccccc2)C2(CCN(C(=O)C3CC3)CC2)C1=O. The van der Waals surface area contributed by atoms with Gasteiger partial charge < -0.3 is 19.6 Å². The fraction of sp³-hybridized carbons (Fsp3) is 0.571. The molecule has 1 saturated carbocycles. The van der Waals surface area contributed by atoms with Crippen LogP contribution in [0.5, 0.6) is 0 Å². The molecular formula is C21H28N4O3. The van der Waals surface area contributed by atoms with Gasteiger partial charge in [0.25, 0.3) is 5.91 Å². The lowest BCUT2D eigenvalue weighted by Gasteiger charge is -2.43. The molecule has 7 heteroatoms. The molecule has 3 fully saturated rings. The van der Waals surface area contributed by atoms with E-state index in [0.717, 1.165) is 18.5 Å². The highest BCUT2D eigenvalue weighted by Crippen LogP contribution is 2.40. The highest BCUT2D eigenvalue weighted by atomic mass is 16.2. The molecule has 3 aliphatic rings. The summed E-state index contributed by atoms with van der Waals surface area (Å²) in [6.45, 7) is 1.68. The van der Waals surface area contributed by atoms with Crippen LogP contribution in [0.25, 0.3) is 0 Å². The number of para-hydroxylation sites is 1. The maximum absolute atomic E-state index is 13.5.